The SMILES string of the molecule is COc1ccccc1-c1cnc2c(c1)C(=O)N([C@@H](C)CO)C[C@H](C)[C@@H](CN(C)Cc1ccccc1)O2. The molecule has 1 aliphatic rings. The van der Waals surface area contributed by atoms with E-state index in [-0.39, 0.29) is 30.6 Å². The van der Waals surface area contributed by atoms with Crippen molar-refractivity contribution in [3.8, 4) is 22.8 Å². The van der Waals surface area contributed by atoms with Crippen LogP contribution in [0.1, 0.15) is 29.8 Å². The number of nitrogens with zero attached hydrogens (tertiary/aromatic N) is 3. The highest BCUT2D eigenvalue weighted by atomic mass is 16.5. The first kappa shape index (κ1) is 25.7. The van der Waals surface area contributed by atoms with Crippen LogP contribution in [0.25, 0.3) is 11.1 Å². The Morgan fingerprint density at radius 1 is 1.17 bits per heavy atom. The molecule has 1 N–H and O–H groups in total. The molecule has 36 heavy (non-hydrogen) atoms. The number of aliphatic hydroxyl groups excluding tert-OH is 1. The smallest absolute Gasteiger partial charge is 0.259 e. The Labute approximate surface area is 213 Å². The first-order valence-corrected chi connectivity index (χ1v) is 12.4. The maximum Gasteiger partial charge on any atom is 0.259 e. The summed E-state index contributed by atoms with van der Waals surface area (Å²) < 4.78 is 12.0. The summed E-state index contributed by atoms with van der Waals surface area (Å²) in [5.74, 6) is 0.857. The average molecular weight is 490 g/mol. The number of hydrogen-bond donors (Lipinski definition) is 1. The fourth-order valence-electron chi connectivity index (χ4n) is 4.62. The zero-order valence-electron chi connectivity index (χ0n) is 21.4. The summed E-state index contributed by atoms with van der Waals surface area (Å²) in [4.78, 5) is 22.3. The van der Waals surface area contributed by atoms with Gasteiger partial charge in [-0.3, -0.25) is 9.69 Å². The molecule has 1 amide bonds. The summed E-state index contributed by atoms with van der Waals surface area (Å²) in [5, 5.41) is 9.91. The number of ether oxygens (including phenoxy) is 2. The number of benzene rings is 2. The molecule has 1 aliphatic heterocycles. The molecule has 7 nitrogen and oxygen atoms in total. The van der Waals surface area contributed by atoms with Crippen molar-refractivity contribution >= 4 is 5.91 Å². The van der Waals surface area contributed by atoms with E-state index in [0.29, 0.717) is 30.3 Å². The minimum absolute atomic E-state index is 0.0324. The fourth-order valence-corrected chi connectivity index (χ4v) is 4.62. The molecule has 7 heteroatoms. The molecule has 190 valence electrons. The second-order valence-electron chi connectivity index (χ2n) is 9.58. The molecule has 0 bridgehead atoms. The zero-order chi connectivity index (χ0) is 25.7. The van der Waals surface area contributed by atoms with Crippen LogP contribution in [-0.2, 0) is 6.54 Å². The molecule has 0 unspecified atom stereocenters. The molecular weight excluding hydrogens is 454 g/mol. The molecule has 3 atom stereocenters. The van der Waals surface area contributed by atoms with Crippen LogP contribution in [0.5, 0.6) is 11.6 Å². The van der Waals surface area contributed by atoms with Gasteiger partial charge < -0.3 is 19.5 Å². The summed E-state index contributed by atoms with van der Waals surface area (Å²) in [7, 11) is 3.69. The Bertz CT molecular complexity index is 1170. The van der Waals surface area contributed by atoms with Crippen LogP contribution in [0.15, 0.2) is 66.9 Å². The van der Waals surface area contributed by atoms with Gasteiger partial charge in [0.25, 0.3) is 5.91 Å². The standard InChI is InChI=1S/C29H35N3O4/c1-20-16-32(21(2)19-33)29(34)25-14-23(24-12-8-9-13-26(24)35-4)15-30-28(25)36-27(20)18-31(3)17-22-10-6-5-7-11-22/h5-15,20-21,27,33H,16-19H2,1-4H3/t20-,21-,27+/m0/s1. The van der Waals surface area contributed by atoms with Crippen LogP contribution < -0.4 is 9.47 Å². The van der Waals surface area contributed by atoms with E-state index in [1.165, 1.54) is 5.56 Å². The van der Waals surface area contributed by atoms with Crippen molar-refractivity contribution in [2.45, 2.75) is 32.5 Å². The molecule has 0 spiro atoms. The molecule has 4 rings (SSSR count). The Morgan fingerprint density at radius 3 is 2.61 bits per heavy atom. The maximum absolute atomic E-state index is 13.7. The average Bonchev–Trinajstić information content (AvgIpc) is 2.90. The Kier molecular flexibility index (Phi) is 8.23. The van der Waals surface area contributed by atoms with Gasteiger partial charge in [0, 0.05) is 42.9 Å². The monoisotopic (exact) mass is 489 g/mol. The van der Waals surface area contributed by atoms with Crippen molar-refractivity contribution in [2.24, 2.45) is 5.92 Å². The van der Waals surface area contributed by atoms with E-state index in [1.807, 2.05) is 55.5 Å². The Morgan fingerprint density at radius 2 is 1.89 bits per heavy atom. The third-order valence-electron chi connectivity index (χ3n) is 6.73. The number of rotatable bonds is 8. The first-order valence-electron chi connectivity index (χ1n) is 12.4. The topological polar surface area (TPSA) is 75.1 Å². The zero-order valence-corrected chi connectivity index (χ0v) is 21.4. The van der Waals surface area contributed by atoms with Gasteiger partial charge in [-0.05, 0) is 31.7 Å². The Balaban J connectivity index is 1.68. The minimum Gasteiger partial charge on any atom is -0.496 e. The van der Waals surface area contributed by atoms with E-state index >= 15 is 0 Å². The van der Waals surface area contributed by atoms with Crippen LogP contribution in [0.3, 0.4) is 0 Å². The number of carbonyl (C=O) groups is 1. The number of aromatic nitrogens is 1. The van der Waals surface area contributed by atoms with E-state index in [4.69, 9.17) is 9.47 Å². The number of carbonyl (C=O) groups excluding carboxylic acids is 1. The summed E-state index contributed by atoms with van der Waals surface area (Å²) in [6.07, 6.45) is 1.53. The molecule has 0 saturated carbocycles. The Hall–Kier alpha value is -3.42. The van der Waals surface area contributed by atoms with Gasteiger partial charge in [-0.2, -0.15) is 0 Å². The van der Waals surface area contributed by atoms with Crippen molar-refractivity contribution in [2.75, 3.05) is 33.9 Å². The lowest BCUT2D eigenvalue weighted by molar-refractivity contribution is 0.0325. The quantitative estimate of drug-likeness (QED) is 0.513. The highest BCUT2D eigenvalue weighted by Gasteiger charge is 2.34. The molecule has 0 fully saturated rings. The van der Waals surface area contributed by atoms with Crippen molar-refractivity contribution < 1.29 is 19.4 Å². The van der Waals surface area contributed by atoms with Crippen molar-refractivity contribution in [1.82, 2.24) is 14.8 Å². The van der Waals surface area contributed by atoms with Crippen LogP contribution in [0.2, 0.25) is 0 Å². The summed E-state index contributed by atoms with van der Waals surface area (Å²) in [5.41, 5.74) is 3.23. The molecule has 0 aliphatic carbocycles. The van der Waals surface area contributed by atoms with E-state index in [1.54, 1.807) is 18.2 Å². The number of para-hydroxylation sites is 1. The number of likely N-dealkylation sites (N-methyl/N-ethyl adjacent to an activating group) is 1. The van der Waals surface area contributed by atoms with Gasteiger partial charge in [0.1, 0.15) is 17.4 Å². The molecule has 0 radical (unpaired) electrons. The highest BCUT2D eigenvalue weighted by Crippen LogP contribution is 2.34. The van der Waals surface area contributed by atoms with Gasteiger partial charge in [-0.25, -0.2) is 4.98 Å². The van der Waals surface area contributed by atoms with E-state index in [9.17, 15) is 9.90 Å². The number of aliphatic hydroxyl groups is 1. The van der Waals surface area contributed by atoms with Crippen molar-refractivity contribution in [1.29, 1.82) is 0 Å². The summed E-state index contributed by atoms with van der Waals surface area (Å²) in [6, 6.07) is 19.4. The van der Waals surface area contributed by atoms with Crippen LogP contribution in [-0.4, -0.2) is 71.8 Å². The number of hydrogen-bond acceptors (Lipinski definition) is 6. The molecule has 0 saturated heterocycles. The highest BCUT2D eigenvalue weighted by molar-refractivity contribution is 5.98. The molecule has 3 aromatic rings. The van der Waals surface area contributed by atoms with Gasteiger partial charge in [0.15, 0.2) is 0 Å². The lowest BCUT2D eigenvalue weighted by Crippen LogP contribution is -2.49. The summed E-state index contributed by atoms with van der Waals surface area (Å²) in [6.45, 7) is 5.76. The van der Waals surface area contributed by atoms with E-state index in [2.05, 4.69) is 36.0 Å². The predicted molar refractivity (Wildman–Crippen MR) is 140 cm³/mol. The third kappa shape index (κ3) is 5.69. The maximum atomic E-state index is 13.7. The number of methoxy groups -OCH3 is 1. The van der Waals surface area contributed by atoms with Gasteiger partial charge >= 0.3 is 0 Å². The van der Waals surface area contributed by atoms with Crippen LogP contribution in [0, 0.1) is 5.92 Å². The molecule has 1 aromatic heterocycles. The number of amides is 1. The second kappa shape index (κ2) is 11.5. The second-order valence-corrected chi connectivity index (χ2v) is 9.58. The minimum atomic E-state index is -0.330. The van der Waals surface area contributed by atoms with Gasteiger partial charge in [0.05, 0.1) is 19.8 Å². The summed E-state index contributed by atoms with van der Waals surface area (Å²) >= 11 is 0. The van der Waals surface area contributed by atoms with Gasteiger partial charge in [-0.1, -0.05) is 55.5 Å². The van der Waals surface area contributed by atoms with E-state index < -0.39 is 0 Å². The number of pyridine rings is 1. The normalized spacial score (nSPS) is 18.7. The number of fused-ring (bicyclic) bond motifs is 1. The lowest BCUT2D eigenvalue weighted by Gasteiger charge is -2.37. The van der Waals surface area contributed by atoms with Gasteiger partial charge in [0.2, 0.25) is 5.88 Å². The molecular formula is C29H35N3O4. The largest absolute Gasteiger partial charge is 0.496 e. The third-order valence-corrected chi connectivity index (χ3v) is 6.73. The van der Waals surface area contributed by atoms with Crippen LogP contribution in [0.4, 0.5) is 0 Å². The first-order chi connectivity index (χ1) is 17.4. The van der Waals surface area contributed by atoms with Gasteiger partial charge in [-0.15, -0.1) is 0 Å². The molecule has 2 aromatic carbocycles. The van der Waals surface area contributed by atoms with Crippen molar-refractivity contribution in [3.63, 3.8) is 0 Å². The fraction of sp³-hybridized carbons (Fsp3) is 0.379. The van der Waals surface area contributed by atoms with Crippen molar-refractivity contribution in [3.05, 3.63) is 78.0 Å². The molecule has 2 heterocycles. The lowest BCUT2D eigenvalue weighted by atomic mass is 9.99. The van der Waals surface area contributed by atoms with Crippen LogP contribution >= 0.6 is 0 Å². The van der Waals surface area contributed by atoms with E-state index in [0.717, 1.165) is 17.7 Å². The predicted octanol–water partition coefficient (Wildman–Crippen LogP) is 4.11.